The highest BCUT2D eigenvalue weighted by Crippen LogP contribution is 2.45. The highest BCUT2D eigenvalue weighted by atomic mass is 15.3. The molecule has 3 fully saturated rings. The topological polar surface area (TPSA) is 18.5 Å². The Labute approximate surface area is 153 Å². The molecule has 2 aliphatic heterocycles. The fourth-order valence-electron chi connectivity index (χ4n) is 5.27. The summed E-state index contributed by atoms with van der Waals surface area (Å²) >= 11 is 0. The van der Waals surface area contributed by atoms with Crippen LogP contribution in [0.1, 0.15) is 44.1 Å². The van der Waals surface area contributed by atoms with Crippen molar-refractivity contribution in [3.63, 3.8) is 0 Å². The Morgan fingerprint density at radius 1 is 0.840 bits per heavy atom. The van der Waals surface area contributed by atoms with Crippen molar-refractivity contribution < 1.29 is 0 Å². The molecule has 3 nitrogen and oxygen atoms in total. The number of nitrogens with zero attached hydrogens (tertiary/aromatic N) is 2. The van der Waals surface area contributed by atoms with E-state index in [1.54, 1.807) is 0 Å². The van der Waals surface area contributed by atoms with Gasteiger partial charge in [0, 0.05) is 39.3 Å². The van der Waals surface area contributed by atoms with E-state index in [1.165, 1.54) is 89.9 Å². The zero-order valence-corrected chi connectivity index (χ0v) is 15.8. The van der Waals surface area contributed by atoms with Crippen LogP contribution < -0.4 is 5.32 Å². The minimum atomic E-state index is 0.718. The van der Waals surface area contributed by atoms with E-state index in [9.17, 15) is 0 Å². The molecular weight excluding hydrogens is 306 g/mol. The van der Waals surface area contributed by atoms with Crippen molar-refractivity contribution in [3.05, 3.63) is 35.9 Å². The molecule has 3 aliphatic rings. The molecule has 0 atom stereocenters. The van der Waals surface area contributed by atoms with Crippen LogP contribution in [-0.2, 0) is 6.54 Å². The first-order valence-electron chi connectivity index (χ1n) is 10.5. The Hall–Kier alpha value is -0.900. The van der Waals surface area contributed by atoms with Gasteiger partial charge in [0.05, 0.1) is 0 Å². The van der Waals surface area contributed by atoms with Crippen LogP contribution in [0.15, 0.2) is 30.3 Å². The van der Waals surface area contributed by atoms with Crippen molar-refractivity contribution >= 4 is 0 Å². The lowest BCUT2D eigenvalue weighted by Crippen LogP contribution is -2.48. The standard InChI is InChI=1S/C22H35N3/c1-2-4-20(5-3-1)18-24-14-16-25(17-15-24)19-21-6-8-22(9-7-21)10-12-23-13-11-22/h1-5,21,23H,6-19H2. The smallest absolute Gasteiger partial charge is 0.0234 e. The number of benzene rings is 1. The molecule has 1 aliphatic carbocycles. The number of piperazine rings is 1. The van der Waals surface area contributed by atoms with Crippen LogP contribution in [-0.4, -0.2) is 55.6 Å². The number of hydrogen-bond acceptors (Lipinski definition) is 3. The second-order valence-electron chi connectivity index (χ2n) is 8.76. The van der Waals surface area contributed by atoms with Gasteiger partial charge in [-0.25, -0.2) is 0 Å². The van der Waals surface area contributed by atoms with Gasteiger partial charge < -0.3 is 10.2 Å². The third kappa shape index (κ3) is 4.64. The number of rotatable bonds is 4. The molecule has 138 valence electrons. The summed E-state index contributed by atoms with van der Waals surface area (Å²) in [5.74, 6) is 0.959. The molecule has 1 saturated carbocycles. The SMILES string of the molecule is c1ccc(CN2CCN(CC3CCC4(CCNCC4)CC3)CC2)cc1. The molecule has 1 spiro atoms. The lowest BCUT2D eigenvalue weighted by molar-refractivity contribution is 0.0678. The fourth-order valence-corrected chi connectivity index (χ4v) is 5.27. The van der Waals surface area contributed by atoms with E-state index in [2.05, 4.69) is 45.4 Å². The van der Waals surface area contributed by atoms with Crippen LogP contribution in [0, 0.1) is 11.3 Å². The van der Waals surface area contributed by atoms with Gasteiger partial charge in [0.25, 0.3) is 0 Å². The van der Waals surface area contributed by atoms with E-state index in [1.807, 2.05) is 0 Å². The van der Waals surface area contributed by atoms with E-state index >= 15 is 0 Å². The third-order valence-electron chi connectivity index (χ3n) is 7.06. The summed E-state index contributed by atoms with van der Waals surface area (Å²) in [7, 11) is 0. The van der Waals surface area contributed by atoms with Crippen molar-refractivity contribution in [2.75, 3.05) is 45.8 Å². The van der Waals surface area contributed by atoms with E-state index in [4.69, 9.17) is 0 Å². The van der Waals surface area contributed by atoms with Crippen LogP contribution in [0.5, 0.6) is 0 Å². The van der Waals surface area contributed by atoms with Gasteiger partial charge in [-0.05, 0) is 68.5 Å². The molecule has 4 rings (SSSR count). The van der Waals surface area contributed by atoms with Crippen molar-refractivity contribution in [2.24, 2.45) is 11.3 Å². The van der Waals surface area contributed by atoms with E-state index in [0.717, 1.165) is 17.9 Å². The average Bonchev–Trinajstić information content (AvgIpc) is 2.67. The molecule has 1 aromatic carbocycles. The van der Waals surface area contributed by atoms with Crippen molar-refractivity contribution in [1.29, 1.82) is 0 Å². The summed E-state index contributed by atoms with van der Waals surface area (Å²) in [6.07, 6.45) is 8.80. The van der Waals surface area contributed by atoms with Crippen LogP contribution in [0.4, 0.5) is 0 Å². The summed E-state index contributed by atoms with van der Waals surface area (Å²) in [5, 5.41) is 3.54. The molecule has 0 unspecified atom stereocenters. The zero-order chi connectivity index (χ0) is 17.0. The van der Waals surface area contributed by atoms with E-state index in [0.29, 0.717) is 0 Å². The summed E-state index contributed by atoms with van der Waals surface area (Å²) in [6.45, 7) is 9.98. The second kappa shape index (κ2) is 8.20. The van der Waals surface area contributed by atoms with Crippen molar-refractivity contribution in [2.45, 2.75) is 45.1 Å². The van der Waals surface area contributed by atoms with Crippen LogP contribution in [0.3, 0.4) is 0 Å². The van der Waals surface area contributed by atoms with Gasteiger partial charge in [0.15, 0.2) is 0 Å². The average molecular weight is 342 g/mol. The Balaban J connectivity index is 1.18. The summed E-state index contributed by atoms with van der Waals surface area (Å²) in [6, 6.07) is 10.9. The minimum Gasteiger partial charge on any atom is -0.317 e. The van der Waals surface area contributed by atoms with Gasteiger partial charge >= 0.3 is 0 Å². The summed E-state index contributed by atoms with van der Waals surface area (Å²) < 4.78 is 0. The molecule has 2 saturated heterocycles. The van der Waals surface area contributed by atoms with Gasteiger partial charge in [-0.2, -0.15) is 0 Å². The Morgan fingerprint density at radius 2 is 1.48 bits per heavy atom. The molecule has 1 aromatic rings. The zero-order valence-electron chi connectivity index (χ0n) is 15.8. The van der Waals surface area contributed by atoms with Crippen LogP contribution >= 0.6 is 0 Å². The number of hydrogen-bond donors (Lipinski definition) is 1. The molecule has 0 amide bonds. The lowest BCUT2D eigenvalue weighted by atomic mass is 9.65. The first-order valence-corrected chi connectivity index (χ1v) is 10.5. The summed E-state index contributed by atoms with van der Waals surface area (Å²) in [4.78, 5) is 5.36. The normalized spacial score (nSPS) is 26.1. The van der Waals surface area contributed by atoms with Gasteiger partial charge in [0.2, 0.25) is 0 Å². The third-order valence-corrected chi connectivity index (χ3v) is 7.06. The van der Waals surface area contributed by atoms with Crippen molar-refractivity contribution in [3.8, 4) is 0 Å². The Kier molecular flexibility index (Phi) is 5.74. The highest BCUT2D eigenvalue weighted by Gasteiger charge is 2.36. The van der Waals surface area contributed by atoms with E-state index < -0.39 is 0 Å². The van der Waals surface area contributed by atoms with Crippen LogP contribution in [0.2, 0.25) is 0 Å². The maximum Gasteiger partial charge on any atom is 0.0234 e. The molecule has 3 heteroatoms. The first kappa shape index (κ1) is 17.5. The minimum absolute atomic E-state index is 0.718. The van der Waals surface area contributed by atoms with Gasteiger partial charge in [-0.15, -0.1) is 0 Å². The fraction of sp³-hybridized carbons (Fsp3) is 0.727. The van der Waals surface area contributed by atoms with Gasteiger partial charge in [-0.3, -0.25) is 4.90 Å². The highest BCUT2D eigenvalue weighted by molar-refractivity contribution is 5.14. The number of nitrogens with one attached hydrogen (secondary N) is 1. The van der Waals surface area contributed by atoms with Gasteiger partial charge in [-0.1, -0.05) is 30.3 Å². The molecule has 25 heavy (non-hydrogen) atoms. The largest absolute Gasteiger partial charge is 0.317 e. The second-order valence-corrected chi connectivity index (χ2v) is 8.76. The van der Waals surface area contributed by atoms with Gasteiger partial charge in [0.1, 0.15) is 0 Å². The van der Waals surface area contributed by atoms with Crippen molar-refractivity contribution in [1.82, 2.24) is 15.1 Å². The summed E-state index contributed by atoms with van der Waals surface area (Å²) in [5.41, 5.74) is 2.17. The predicted molar refractivity (Wildman–Crippen MR) is 105 cm³/mol. The lowest BCUT2D eigenvalue weighted by Gasteiger charge is -2.44. The Morgan fingerprint density at radius 3 is 2.16 bits per heavy atom. The molecule has 1 N–H and O–H groups in total. The molecular formula is C22H35N3. The molecule has 2 heterocycles. The van der Waals surface area contributed by atoms with Crippen LogP contribution in [0.25, 0.3) is 0 Å². The monoisotopic (exact) mass is 341 g/mol. The number of piperidine rings is 1. The molecule has 0 bridgehead atoms. The Bertz CT molecular complexity index is 505. The maximum absolute atomic E-state index is 3.54. The molecule has 0 radical (unpaired) electrons. The van der Waals surface area contributed by atoms with E-state index in [-0.39, 0.29) is 0 Å². The molecule has 0 aromatic heterocycles. The predicted octanol–water partition coefficient (Wildman–Crippen LogP) is 3.36. The maximum atomic E-state index is 3.54. The first-order chi connectivity index (χ1) is 12.3. The quantitative estimate of drug-likeness (QED) is 0.906.